The van der Waals surface area contributed by atoms with E-state index in [-0.39, 0.29) is 0 Å². The molecule has 0 radical (unpaired) electrons. The van der Waals surface area contributed by atoms with E-state index in [1.54, 1.807) is 6.07 Å². The molecule has 0 spiro atoms. The smallest absolute Gasteiger partial charge is 0.144 e. The lowest BCUT2D eigenvalue weighted by Gasteiger charge is -2.27. The number of benzene rings is 1. The lowest BCUT2D eigenvalue weighted by molar-refractivity contribution is 0.121. The minimum atomic E-state index is 0.351. The summed E-state index contributed by atoms with van der Waals surface area (Å²) in [7, 11) is 0. The van der Waals surface area contributed by atoms with Gasteiger partial charge in [-0.05, 0) is 31.4 Å². The molecule has 0 amide bonds. The SMILES string of the molecule is Nc1cccc(OC2CCC2)c1N. The molecule has 2 rings (SSSR count). The van der Waals surface area contributed by atoms with Crippen LogP contribution in [0.1, 0.15) is 19.3 Å². The van der Waals surface area contributed by atoms with Crippen LogP contribution in [0.2, 0.25) is 0 Å². The van der Waals surface area contributed by atoms with Gasteiger partial charge in [0, 0.05) is 0 Å². The van der Waals surface area contributed by atoms with E-state index in [1.165, 1.54) is 6.42 Å². The first kappa shape index (κ1) is 8.23. The van der Waals surface area contributed by atoms with Crippen molar-refractivity contribution in [2.24, 2.45) is 0 Å². The highest BCUT2D eigenvalue weighted by Gasteiger charge is 2.20. The average Bonchev–Trinajstić information content (AvgIpc) is 2.04. The molecule has 0 atom stereocenters. The van der Waals surface area contributed by atoms with Crippen molar-refractivity contribution in [3.05, 3.63) is 18.2 Å². The molecule has 13 heavy (non-hydrogen) atoms. The summed E-state index contributed by atoms with van der Waals surface area (Å²) in [5.74, 6) is 0.727. The van der Waals surface area contributed by atoms with Crippen molar-refractivity contribution >= 4 is 11.4 Å². The highest BCUT2D eigenvalue weighted by Crippen LogP contribution is 2.31. The highest BCUT2D eigenvalue weighted by molar-refractivity contribution is 5.70. The molecule has 4 N–H and O–H groups in total. The summed E-state index contributed by atoms with van der Waals surface area (Å²) < 4.78 is 5.66. The maximum atomic E-state index is 5.76. The Bertz CT molecular complexity index is 308. The first-order chi connectivity index (χ1) is 6.27. The van der Waals surface area contributed by atoms with Crippen molar-refractivity contribution in [1.29, 1.82) is 0 Å². The normalized spacial score (nSPS) is 16.6. The van der Waals surface area contributed by atoms with Crippen molar-refractivity contribution in [3.8, 4) is 5.75 Å². The third-order valence-corrected chi connectivity index (χ3v) is 2.45. The molecule has 0 bridgehead atoms. The van der Waals surface area contributed by atoms with E-state index < -0.39 is 0 Å². The Morgan fingerprint density at radius 1 is 1.23 bits per heavy atom. The van der Waals surface area contributed by atoms with E-state index in [1.807, 2.05) is 12.1 Å². The largest absolute Gasteiger partial charge is 0.488 e. The number of nitrogens with two attached hydrogens (primary N) is 2. The second-order valence-corrected chi connectivity index (χ2v) is 3.43. The van der Waals surface area contributed by atoms with Gasteiger partial charge < -0.3 is 16.2 Å². The van der Waals surface area contributed by atoms with Gasteiger partial charge in [-0.2, -0.15) is 0 Å². The summed E-state index contributed by atoms with van der Waals surface area (Å²) in [4.78, 5) is 0. The van der Waals surface area contributed by atoms with Crippen LogP contribution in [-0.4, -0.2) is 6.10 Å². The molecule has 1 aromatic rings. The van der Waals surface area contributed by atoms with Gasteiger partial charge in [0.15, 0.2) is 0 Å². The summed E-state index contributed by atoms with van der Waals surface area (Å²) in [5.41, 5.74) is 12.6. The van der Waals surface area contributed by atoms with Crippen LogP contribution in [0.25, 0.3) is 0 Å². The van der Waals surface area contributed by atoms with E-state index in [9.17, 15) is 0 Å². The predicted molar refractivity (Wildman–Crippen MR) is 53.5 cm³/mol. The Kier molecular flexibility index (Phi) is 2.00. The Balaban J connectivity index is 2.14. The second-order valence-electron chi connectivity index (χ2n) is 3.43. The molecule has 0 heterocycles. The third kappa shape index (κ3) is 1.54. The zero-order valence-electron chi connectivity index (χ0n) is 7.49. The van der Waals surface area contributed by atoms with Gasteiger partial charge in [0.1, 0.15) is 5.75 Å². The lowest BCUT2D eigenvalue weighted by Crippen LogP contribution is -2.25. The van der Waals surface area contributed by atoms with Crippen molar-refractivity contribution in [2.45, 2.75) is 25.4 Å². The molecule has 70 valence electrons. The number of rotatable bonds is 2. The zero-order valence-corrected chi connectivity index (χ0v) is 7.49. The van der Waals surface area contributed by atoms with Crippen LogP contribution in [0.5, 0.6) is 5.75 Å². The van der Waals surface area contributed by atoms with Gasteiger partial charge >= 0.3 is 0 Å². The molecular weight excluding hydrogens is 164 g/mol. The first-order valence-electron chi connectivity index (χ1n) is 4.58. The van der Waals surface area contributed by atoms with Crippen molar-refractivity contribution in [3.63, 3.8) is 0 Å². The molecule has 0 unspecified atom stereocenters. The summed E-state index contributed by atoms with van der Waals surface area (Å²) in [6, 6.07) is 5.51. The predicted octanol–water partition coefficient (Wildman–Crippen LogP) is 1.78. The van der Waals surface area contributed by atoms with Gasteiger partial charge in [0.25, 0.3) is 0 Å². The van der Waals surface area contributed by atoms with Gasteiger partial charge in [-0.25, -0.2) is 0 Å². The highest BCUT2D eigenvalue weighted by atomic mass is 16.5. The van der Waals surface area contributed by atoms with Gasteiger partial charge in [0.2, 0.25) is 0 Å². The first-order valence-corrected chi connectivity index (χ1v) is 4.58. The summed E-state index contributed by atoms with van der Waals surface area (Å²) >= 11 is 0. The van der Waals surface area contributed by atoms with Gasteiger partial charge in [-0.1, -0.05) is 6.07 Å². The topological polar surface area (TPSA) is 61.3 Å². The average molecular weight is 178 g/mol. The third-order valence-electron chi connectivity index (χ3n) is 2.45. The van der Waals surface area contributed by atoms with Crippen LogP contribution in [0, 0.1) is 0 Å². The molecule has 0 saturated heterocycles. The fourth-order valence-electron chi connectivity index (χ4n) is 1.33. The molecular formula is C10H14N2O. The fourth-order valence-corrected chi connectivity index (χ4v) is 1.33. The van der Waals surface area contributed by atoms with Crippen LogP contribution < -0.4 is 16.2 Å². The van der Waals surface area contributed by atoms with E-state index >= 15 is 0 Å². The maximum absolute atomic E-state index is 5.76. The van der Waals surface area contributed by atoms with Crippen molar-refractivity contribution < 1.29 is 4.74 Å². The van der Waals surface area contributed by atoms with Crippen LogP contribution in [0.3, 0.4) is 0 Å². The molecule has 1 aromatic carbocycles. The lowest BCUT2D eigenvalue weighted by atomic mass is 9.96. The molecule has 1 aliphatic rings. The fraction of sp³-hybridized carbons (Fsp3) is 0.400. The van der Waals surface area contributed by atoms with Gasteiger partial charge in [-0.3, -0.25) is 0 Å². The van der Waals surface area contributed by atoms with E-state index in [0.717, 1.165) is 18.6 Å². The quantitative estimate of drug-likeness (QED) is 0.678. The maximum Gasteiger partial charge on any atom is 0.144 e. The molecule has 1 saturated carbocycles. The molecule has 3 nitrogen and oxygen atoms in total. The number of nitrogen functional groups attached to an aromatic ring is 2. The standard InChI is InChI=1S/C10H14N2O/c11-8-5-2-6-9(10(8)12)13-7-3-1-4-7/h2,5-7H,1,3-4,11-12H2. The molecule has 1 fully saturated rings. The number of hydrogen-bond acceptors (Lipinski definition) is 3. The number of hydrogen-bond donors (Lipinski definition) is 2. The van der Waals surface area contributed by atoms with Gasteiger partial charge in [0.05, 0.1) is 17.5 Å². The minimum absolute atomic E-state index is 0.351. The van der Waals surface area contributed by atoms with E-state index in [2.05, 4.69) is 0 Å². The van der Waals surface area contributed by atoms with Crippen LogP contribution in [0.15, 0.2) is 18.2 Å². The van der Waals surface area contributed by atoms with E-state index in [4.69, 9.17) is 16.2 Å². The minimum Gasteiger partial charge on any atom is -0.488 e. The molecule has 0 aliphatic heterocycles. The van der Waals surface area contributed by atoms with Crippen LogP contribution >= 0.6 is 0 Å². The van der Waals surface area contributed by atoms with Crippen molar-refractivity contribution in [1.82, 2.24) is 0 Å². The number of anilines is 2. The number of para-hydroxylation sites is 1. The Morgan fingerprint density at radius 3 is 2.62 bits per heavy atom. The molecule has 1 aliphatic carbocycles. The zero-order chi connectivity index (χ0) is 9.26. The Morgan fingerprint density at radius 2 is 2.00 bits per heavy atom. The van der Waals surface area contributed by atoms with Crippen molar-refractivity contribution in [2.75, 3.05) is 11.5 Å². The Hall–Kier alpha value is -1.38. The van der Waals surface area contributed by atoms with Gasteiger partial charge in [-0.15, -0.1) is 0 Å². The molecule has 0 aromatic heterocycles. The summed E-state index contributed by atoms with van der Waals surface area (Å²) in [5, 5.41) is 0. The Labute approximate surface area is 77.7 Å². The monoisotopic (exact) mass is 178 g/mol. The van der Waals surface area contributed by atoms with E-state index in [0.29, 0.717) is 17.5 Å². The van der Waals surface area contributed by atoms with Crippen LogP contribution in [-0.2, 0) is 0 Å². The summed E-state index contributed by atoms with van der Waals surface area (Å²) in [6.07, 6.45) is 3.87. The second kappa shape index (κ2) is 3.17. The van der Waals surface area contributed by atoms with Crippen LogP contribution in [0.4, 0.5) is 11.4 Å². The molecule has 3 heteroatoms. The number of ether oxygens (including phenoxy) is 1. The summed E-state index contributed by atoms with van der Waals surface area (Å²) in [6.45, 7) is 0.